The van der Waals surface area contributed by atoms with Crippen LogP contribution < -0.4 is 5.56 Å². The van der Waals surface area contributed by atoms with Gasteiger partial charge < -0.3 is 9.80 Å². The van der Waals surface area contributed by atoms with Gasteiger partial charge in [0.1, 0.15) is 5.82 Å². The molecule has 1 unspecified atom stereocenters. The first-order chi connectivity index (χ1) is 14.8. The average molecular weight is 447 g/mol. The molecule has 1 saturated carbocycles. The molecule has 0 spiro atoms. The Morgan fingerprint density at radius 2 is 1.97 bits per heavy atom. The van der Waals surface area contributed by atoms with Gasteiger partial charge in [-0.2, -0.15) is 0 Å². The number of carbonyl (C=O) groups is 1. The highest BCUT2D eigenvalue weighted by atomic mass is 35.5. The molecule has 0 bridgehead atoms. The number of hydrogen-bond acceptors (Lipinski definition) is 4. The van der Waals surface area contributed by atoms with Crippen LogP contribution in [-0.4, -0.2) is 52.4 Å². The van der Waals surface area contributed by atoms with Crippen molar-refractivity contribution in [2.24, 2.45) is 5.92 Å². The third-order valence-corrected chi connectivity index (χ3v) is 6.69. The number of hydrogen-bond donors (Lipinski definition) is 0. The minimum absolute atomic E-state index is 0.109. The van der Waals surface area contributed by atoms with Gasteiger partial charge in [-0.1, -0.05) is 37.3 Å². The second-order valence-corrected chi connectivity index (χ2v) is 9.37. The van der Waals surface area contributed by atoms with E-state index in [2.05, 4.69) is 4.90 Å². The minimum atomic E-state index is -0.288. The molecule has 1 amide bonds. The summed E-state index contributed by atoms with van der Waals surface area (Å²) in [4.78, 5) is 35.2. The Balaban J connectivity index is 1.92. The summed E-state index contributed by atoms with van der Waals surface area (Å²) < 4.78 is 1.68. The van der Waals surface area contributed by atoms with Gasteiger partial charge in [-0.05, 0) is 58.5 Å². The van der Waals surface area contributed by atoms with Crippen molar-refractivity contribution in [1.82, 2.24) is 19.4 Å². The molecule has 31 heavy (non-hydrogen) atoms. The van der Waals surface area contributed by atoms with Crippen LogP contribution in [0, 0.1) is 5.92 Å². The fourth-order valence-corrected chi connectivity index (χ4v) is 4.76. The maximum Gasteiger partial charge on any atom is 0.261 e. The quantitative estimate of drug-likeness (QED) is 0.569. The van der Waals surface area contributed by atoms with Gasteiger partial charge in [-0.3, -0.25) is 14.2 Å². The number of rotatable bonds is 9. The fraction of sp³-hybridized carbons (Fsp3) is 0.625. The lowest BCUT2D eigenvalue weighted by molar-refractivity contribution is -0.134. The average Bonchev–Trinajstić information content (AvgIpc) is 3.26. The zero-order valence-electron chi connectivity index (χ0n) is 19.2. The standard InChI is InChI=1S/C24H35ClN4O2/c1-5-28-23(26-21-12-11-19(25)16-20(21)24(28)31)17(2)29(15-14-27(3)4)22(30)13-10-18-8-6-7-9-18/h11-12,16-18H,5-10,13-15H2,1-4H3. The van der Waals surface area contributed by atoms with Gasteiger partial charge >= 0.3 is 0 Å². The van der Waals surface area contributed by atoms with Crippen molar-refractivity contribution in [2.75, 3.05) is 27.2 Å². The summed E-state index contributed by atoms with van der Waals surface area (Å²) in [5.41, 5.74) is 0.509. The van der Waals surface area contributed by atoms with E-state index in [0.717, 1.165) is 13.0 Å². The smallest absolute Gasteiger partial charge is 0.261 e. The first kappa shape index (κ1) is 23.7. The molecule has 7 heteroatoms. The Morgan fingerprint density at radius 3 is 2.61 bits per heavy atom. The van der Waals surface area contributed by atoms with Crippen molar-refractivity contribution in [2.45, 2.75) is 65.0 Å². The van der Waals surface area contributed by atoms with E-state index in [-0.39, 0.29) is 17.5 Å². The number of carbonyl (C=O) groups excluding carboxylic acids is 1. The number of nitrogens with zero attached hydrogens (tertiary/aromatic N) is 4. The number of benzene rings is 1. The maximum atomic E-state index is 13.3. The van der Waals surface area contributed by atoms with Crippen LogP contribution in [-0.2, 0) is 11.3 Å². The van der Waals surface area contributed by atoms with E-state index in [4.69, 9.17) is 16.6 Å². The van der Waals surface area contributed by atoms with Crippen LogP contribution in [0.5, 0.6) is 0 Å². The van der Waals surface area contributed by atoms with Gasteiger partial charge in [0.25, 0.3) is 5.56 Å². The Kier molecular flexibility index (Phi) is 8.11. The molecule has 3 rings (SSSR count). The first-order valence-electron chi connectivity index (χ1n) is 11.5. The maximum absolute atomic E-state index is 13.3. The van der Waals surface area contributed by atoms with Gasteiger partial charge in [0.05, 0.1) is 16.9 Å². The lowest BCUT2D eigenvalue weighted by Crippen LogP contribution is -2.41. The molecule has 1 aromatic carbocycles. The van der Waals surface area contributed by atoms with E-state index < -0.39 is 0 Å². The van der Waals surface area contributed by atoms with E-state index in [1.165, 1.54) is 25.7 Å². The molecule has 1 aromatic heterocycles. The second-order valence-electron chi connectivity index (χ2n) is 8.94. The van der Waals surface area contributed by atoms with Crippen molar-refractivity contribution in [1.29, 1.82) is 0 Å². The number of likely N-dealkylation sites (N-methyl/N-ethyl adjacent to an activating group) is 1. The molecule has 6 nitrogen and oxygen atoms in total. The van der Waals surface area contributed by atoms with E-state index in [9.17, 15) is 9.59 Å². The molecule has 1 heterocycles. The first-order valence-corrected chi connectivity index (χ1v) is 11.8. The highest BCUT2D eigenvalue weighted by molar-refractivity contribution is 6.31. The van der Waals surface area contributed by atoms with Crippen LogP contribution in [0.15, 0.2) is 23.0 Å². The molecule has 2 aromatic rings. The molecule has 0 radical (unpaired) electrons. The van der Waals surface area contributed by atoms with E-state index in [1.54, 1.807) is 22.8 Å². The van der Waals surface area contributed by atoms with Crippen molar-refractivity contribution in [3.8, 4) is 0 Å². The summed E-state index contributed by atoms with van der Waals surface area (Å²) in [7, 11) is 4.01. The zero-order valence-corrected chi connectivity index (χ0v) is 20.0. The highest BCUT2D eigenvalue weighted by Gasteiger charge is 2.27. The topological polar surface area (TPSA) is 58.4 Å². The molecule has 1 aliphatic rings. The summed E-state index contributed by atoms with van der Waals surface area (Å²) in [5, 5.41) is 1.03. The third-order valence-electron chi connectivity index (χ3n) is 6.45. The van der Waals surface area contributed by atoms with Crippen molar-refractivity contribution < 1.29 is 4.79 Å². The fourth-order valence-electron chi connectivity index (χ4n) is 4.59. The molecule has 0 N–H and O–H groups in total. The predicted octanol–water partition coefficient (Wildman–Crippen LogP) is 4.49. The molecule has 1 aliphatic carbocycles. The summed E-state index contributed by atoms with van der Waals surface area (Å²) in [5.74, 6) is 1.46. The highest BCUT2D eigenvalue weighted by Crippen LogP contribution is 2.29. The molecular formula is C24H35ClN4O2. The van der Waals surface area contributed by atoms with Gasteiger partial charge in [-0.25, -0.2) is 4.98 Å². The largest absolute Gasteiger partial charge is 0.332 e. The minimum Gasteiger partial charge on any atom is -0.332 e. The van der Waals surface area contributed by atoms with Crippen molar-refractivity contribution in [3.05, 3.63) is 39.4 Å². The summed E-state index contributed by atoms with van der Waals surface area (Å²) in [6, 6.07) is 4.91. The molecule has 0 aliphatic heterocycles. The number of halogens is 1. The number of fused-ring (bicyclic) bond motifs is 1. The van der Waals surface area contributed by atoms with Crippen LogP contribution in [0.25, 0.3) is 10.9 Å². The monoisotopic (exact) mass is 446 g/mol. The zero-order chi connectivity index (χ0) is 22.5. The van der Waals surface area contributed by atoms with Crippen LogP contribution in [0.2, 0.25) is 5.02 Å². The van der Waals surface area contributed by atoms with Gasteiger partial charge in [0, 0.05) is 31.1 Å². The molecule has 170 valence electrons. The van der Waals surface area contributed by atoms with Crippen LogP contribution >= 0.6 is 11.6 Å². The Morgan fingerprint density at radius 1 is 1.26 bits per heavy atom. The SMILES string of the molecule is CCn1c(C(C)N(CCN(C)C)C(=O)CCC2CCCC2)nc2ccc(Cl)cc2c1=O. The van der Waals surface area contributed by atoms with Crippen LogP contribution in [0.4, 0.5) is 0 Å². The Bertz CT molecular complexity index is 966. The normalized spacial score (nSPS) is 15.7. The van der Waals surface area contributed by atoms with Crippen LogP contribution in [0.3, 0.4) is 0 Å². The van der Waals surface area contributed by atoms with E-state index in [1.807, 2.05) is 32.8 Å². The lowest BCUT2D eigenvalue weighted by atomic mass is 10.0. The molecule has 0 saturated heterocycles. The van der Waals surface area contributed by atoms with Gasteiger partial charge in [0.2, 0.25) is 5.91 Å². The van der Waals surface area contributed by atoms with Crippen molar-refractivity contribution in [3.63, 3.8) is 0 Å². The van der Waals surface area contributed by atoms with Gasteiger partial charge in [0.15, 0.2) is 0 Å². The van der Waals surface area contributed by atoms with Crippen molar-refractivity contribution >= 4 is 28.4 Å². The predicted molar refractivity (Wildman–Crippen MR) is 127 cm³/mol. The third kappa shape index (κ3) is 5.66. The summed E-state index contributed by atoms with van der Waals surface area (Å²) >= 11 is 6.11. The summed E-state index contributed by atoms with van der Waals surface area (Å²) in [6.07, 6.45) is 6.56. The van der Waals surface area contributed by atoms with E-state index in [0.29, 0.717) is 47.2 Å². The molecule has 1 fully saturated rings. The Hall–Kier alpha value is -1.92. The van der Waals surface area contributed by atoms with Crippen LogP contribution in [0.1, 0.15) is 64.2 Å². The second kappa shape index (κ2) is 10.6. The molecular weight excluding hydrogens is 412 g/mol. The summed E-state index contributed by atoms with van der Waals surface area (Å²) in [6.45, 7) is 5.78. The van der Waals surface area contributed by atoms with E-state index >= 15 is 0 Å². The number of aromatic nitrogens is 2. The van der Waals surface area contributed by atoms with Gasteiger partial charge in [-0.15, -0.1) is 0 Å². The number of amides is 1. The molecule has 1 atom stereocenters. The Labute approximate surface area is 190 Å². The lowest BCUT2D eigenvalue weighted by Gasteiger charge is -2.31.